The van der Waals surface area contributed by atoms with Crippen molar-refractivity contribution in [2.75, 3.05) is 6.54 Å². The van der Waals surface area contributed by atoms with Crippen molar-refractivity contribution < 1.29 is 75.5 Å². The minimum absolute atomic E-state index is 0.206. The number of carboxylic acid groups (broad SMARTS) is 4. The Morgan fingerprint density at radius 1 is 0.829 bits per heavy atom. The molecule has 2 amide bonds. The van der Waals surface area contributed by atoms with Crippen molar-refractivity contribution in [2.24, 2.45) is 17.4 Å². The van der Waals surface area contributed by atoms with Gasteiger partial charge in [-0.15, -0.1) is 0 Å². The molecule has 0 aliphatic rings. The molecule has 0 aliphatic heterocycles. The zero-order valence-electron chi connectivity index (χ0n) is 21.3. The number of alkyl halides is 6. The molecule has 22 heteroatoms. The first-order valence-electron chi connectivity index (χ1n) is 10.8. The third-order valence-corrected chi connectivity index (χ3v) is 4.07. The minimum Gasteiger partial charge on any atom is -0.481 e. The first-order chi connectivity index (χ1) is 18.3. The predicted molar refractivity (Wildman–Crippen MR) is 123 cm³/mol. The van der Waals surface area contributed by atoms with Gasteiger partial charge in [-0.05, 0) is 18.8 Å². The first kappa shape index (κ1) is 41.1. The lowest BCUT2D eigenvalue weighted by molar-refractivity contribution is -0.193. The standard InChI is InChI=1S/C15H28N6O6.2C2HF3O2/c1-7(2)11(14(26)27)21-13(25)9(6-10(22)23)20-12(24)8(16)4-3-5-19-15(17)18;2*3-2(4,5)1(6)7/h7-9,11H,3-6,16H2,1-2H3,(H,20,24)(H,21,25)(H,22,23)(H,26,27)(H4,17,18,19);2*(H,6,7)/t8-,9-,11-;;/m0../s1. The number of aliphatic carboxylic acids is 4. The normalized spacial score (nSPS) is 13.0. The average molecular weight is 616 g/mol. The number of rotatable bonds is 12. The number of hydrogen-bond donors (Lipinski definition) is 10. The summed E-state index contributed by atoms with van der Waals surface area (Å²) in [6.07, 6.45) is -10.3. The lowest BCUT2D eigenvalue weighted by Crippen LogP contribution is -2.56. The van der Waals surface area contributed by atoms with Gasteiger partial charge < -0.3 is 47.8 Å². The van der Waals surface area contributed by atoms with Crippen LogP contribution in [0.2, 0.25) is 0 Å². The summed E-state index contributed by atoms with van der Waals surface area (Å²) in [7, 11) is 0. The summed E-state index contributed by atoms with van der Waals surface area (Å²) in [6.45, 7) is 3.48. The molecular weight excluding hydrogens is 586 g/mol. The quantitative estimate of drug-likeness (QED) is 0.0547. The largest absolute Gasteiger partial charge is 0.490 e. The summed E-state index contributed by atoms with van der Waals surface area (Å²) in [6, 6.07) is -3.70. The Kier molecular flexibility index (Phi) is 18.9. The van der Waals surface area contributed by atoms with Crippen LogP contribution >= 0.6 is 0 Å². The Labute approximate surface area is 226 Å². The van der Waals surface area contributed by atoms with Gasteiger partial charge in [-0.1, -0.05) is 13.8 Å². The molecule has 0 aromatic heterocycles. The highest BCUT2D eigenvalue weighted by Crippen LogP contribution is 2.13. The van der Waals surface area contributed by atoms with Crippen LogP contribution in [-0.2, 0) is 28.8 Å². The minimum atomic E-state index is -5.08. The molecule has 3 atom stereocenters. The zero-order chi connectivity index (χ0) is 33.3. The molecule has 0 rings (SSSR count). The highest BCUT2D eigenvalue weighted by atomic mass is 19.4. The van der Waals surface area contributed by atoms with Gasteiger partial charge in [0.2, 0.25) is 11.8 Å². The molecule has 0 unspecified atom stereocenters. The second kappa shape index (κ2) is 18.8. The lowest BCUT2D eigenvalue weighted by atomic mass is 10.0. The van der Waals surface area contributed by atoms with E-state index in [2.05, 4.69) is 16.0 Å². The molecule has 0 aliphatic carbocycles. The molecule has 0 aromatic rings. The van der Waals surface area contributed by atoms with Crippen molar-refractivity contribution in [3.05, 3.63) is 0 Å². The van der Waals surface area contributed by atoms with Gasteiger partial charge in [0.15, 0.2) is 5.96 Å². The smallest absolute Gasteiger partial charge is 0.481 e. The van der Waals surface area contributed by atoms with Gasteiger partial charge in [0.05, 0.1) is 12.5 Å². The molecule has 0 aromatic carbocycles. The number of carbonyl (C=O) groups excluding carboxylic acids is 2. The predicted octanol–water partition coefficient (Wildman–Crippen LogP) is -0.972. The maximum Gasteiger partial charge on any atom is 0.490 e. The Bertz CT molecular complexity index is 905. The van der Waals surface area contributed by atoms with Crippen molar-refractivity contribution in [3.8, 4) is 0 Å². The van der Waals surface area contributed by atoms with E-state index in [4.69, 9.17) is 46.9 Å². The van der Waals surface area contributed by atoms with Crippen molar-refractivity contribution in [3.63, 3.8) is 0 Å². The van der Waals surface area contributed by atoms with Gasteiger partial charge in [-0.2, -0.15) is 26.3 Å². The Morgan fingerprint density at radius 2 is 1.24 bits per heavy atom. The molecule has 0 heterocycles. The van der Waals surface area contributed by atoms with E-state index in [1.165, 1.54) is 0 Å². The molecule has 16 nitrogen and oxygen atoms in total. The molecule has 0 bridgehead atoms. The Hall–Kier alpha value is -4.37. The van der Waals surface area contributed by atoms with Crippen LogP contribution in [0.25, 0.3) is 0 Å². The summed E-state index contributed by atoms with van der Waals surface area (Å²) in [5.74, 6) is -10.4. The second-order valence-electron chi connectivity index (χ2n) is 7.92. The van der Waals surface area contributed by atoms with E-state index in [-0.39, 0.29) is 12.4 Å². The number of halogens is 6. The average Bonchev–Trinajstić information content (AvgIpc) is 2.78. The van der Waals surface area contributed by atoms with Crippen LogP contribution in [0.15, 0.2) is 0 Å². The van der Waals surface area contributed by atoms with Gasteiger partial charge in [-0.25, -0.2) is 14.4 Å². The van der Waals surface area contributed by atoms with E-state index in [9.17, 15) is 45.5 Å². The van der Waals surface area contributed by atoms with Gasteiger partial charge >= 0.3 is 36.2 Å². The maximum atomic E-state index is 12.3. The molecule has 0 radical (unpaired) electrons. The van der Waals surface area contributed by atoms with Crippen LogP contribution in [0.4, 0.5) is 26.3 Å². The van der Waals surface area contributed by atoms with E-state index in [0.717, 1.165) is 0 Å². The molecule has 0 fully saturated rings. The lowest BCUT2D eigenvalue weighted by Gasteiger charge is -2.23. The second-order valence-corrected chi connectivity index (χ2v) is 7.92. The number of amides is 2. The summed E-state index contributed by atoms with van der Waals surface area (Å²) in [4.78, 5) is 64.3. The molecule has 0 saturated carbocycles. The van der Waals surface area contributed by atoms with E-state index in [0.29, 0.717) is 13.0 Å². The van der Waals surface area contributed by atoms with E-state index >= 15 is 0 Å². The summed E-state index contributed by atoms with van der Waals surface area (Å²) in [5.41, 5.74) is 10.8. The van der Waals surface area contributed by atoms with Crippen molar-refractivity contribution in [1.29, 1.82) is 5.41 Å². The van der Waals surface area contributed by atoms with Crippen LogP contribution < -0.4 is 27.4 Å². The topological polar surface area (TPSA) is 295 Å². The highest BCUT2D eigenvalue weighted by Gasteiger charge is 2.39. The maximum absolute atomic E-state index is 12.3. The van der Waals surface area contributed by atoms with Crippen molar-refractivity contribution in [2.45, 2.75) is 63.6 Å². The molecular formula is C19H30F6N6O10. The number of guanidine groups is 1. The molecule has 0 spiro atoms. The van der Waals surface area contributed by atoms with Gasteiger partial charge in [0.25, 0.3) is 0 Å². The monoisotopic (exact) mass is 616 g/mol. The number of nitrogens with two attached hydrogens (primary N) is 2. The number of nitrogens with one attached hydrogen (secondary N) is 4. The highest BCUT2D eigenvalue weighted by molar-refractivity contribution is 5.94. The van der Waals surface area contributed by atoms with Gasteiger partial charge in [0.1, 0.15) is 12.1 Å². The van der Waals surface area contributed by atoms with Crippen LogP contribution in [0, 0.1) is 11.3 Å². The first-order valence-corrected chi connectivity index (χ1v) is 10.8. The fourth-order valence-electron chi connectivity index (χ4n) is 2.11. The fraction of sp³-hybridized carbons (Fsp3) is 0.632. The SMILES string of the molecule is CC(C)[C@H](NC(=O)[C@H](CC(=O)O)NC(=O)[C@@H](N)CCCNC(=N)N)C(=O)O.O=C(O)C(F)(F)F.O=C(O)C(F)(F)F. The van der Waals surface area contributed by atoms with Crippen LogP contribution in [0.5, 0.6) is 0 Å². The van der Waals surface area contributed by atoms with Crippen LogP contribution in [0.3, 0.4) is 0 Å². The Morgan fingerprint density at radius 3 is 1.54 bits per heavy atom. The number of hydrogen-bond acceptors (Lipinski definition) is 8. The Balaban J connectivity index is -0.000000840. The number of carboxylic acids is 4. The van der Waals surface area contributed by atoms with E-state index < -0.39 is 78.5 Å². The summed E-state index contributed by atoms with van der Waals surface area (Å²) < 4.78 is 63.5. The van der Waals surface area contributed by atoms with Crippen LogP contribution in [0.1, 0.15) is 33.1 Å². The van der Waals surface area contributed by atoms with E-state index in [1.54, 1.807) is 13.8 Å². The molecule has 12 N–H and O–H groups in total. The van der Waals surface area contributed by atoms with Crippen LogP contribution in [-0.4, -0.2) is 99.1 Å². The summed E-state index contributed by atoms with van der Waals surface area (Å²) in [5, 5.41) is 46.3. The van der Waals surface area contributed by atoms with Crippen molar-refractivity contribution >= 4 is 41.7 Å². The molecule has 0 saturated heterocycles. The molecule has 238 valence electrons. The third kappa shape index (κ3) is 22.2. The number of carbonyl (C=O) groups is 6. The van der Waals surface area contributed by atoms with Crippen molar-refractivity contribution in [1.82, 2.24) is 16.0 Å². The third-order valence-electron chi connectivity index (χ3n) is 4.07. The summed E-state index contributed by atoms with van der Waals surface area (Å²) >= 11 is 0. The fourth-order valence-corrected chi connectivity index (χ4v) is 2.11. The van der Waals surface area contributed by atoms with Gasteiger partial charge in [0, 0.05) is 6.54 Å². The zero-order valence-corrected chi connectivity index (χ0v) is 21.3. The van der Waals surface area contributed by atoms with E-state index in [1.807, 2.05) is 0 Å². The molecule has 41 heavy (non-hydrogen) atoms. The van der Waals surface area contributed by atoms with Gasteiger partial charge in [-0.3, -0.25) is 19.8 Å².